The van der Waals surface area contributed by atoms with E-state index in [1.807, 2.05) is 27.1 Å². The highest BCUT2D eigenvalue weighted by Gasteiger charge is 2.15. The maximum absolute atomic E-state index is 12.2. The Labute approximate surface area is 118 Å². The molecule has 0 atom stereocenters. The summed E-state index contributed by atoms with van der Waals surface area (Å²) in [6.07, 6.45) is 2.48. The molecule has 1 N–H and O–H groups in total. The average Bonchev–Trinajstić information content (AvgIpc) is 2.84. The van der Waals surface area contributed by atoms with Crippen molar-refractivity contribution >= 4 is 11.7 Å². The number of hydrogen-bond acceptors (Lipinski definition) is 3. The number of nitrogens with one attached hydrogen (secondary N) is 1. The standard InChI is InChI=1S/C14H21N5O/c1-9(2)6-11-7-13(19(5)17-11)16-14(20)12-8-15-18(4)10(12)3/h7-9H,6H2,1-5H3,(H,16,20). The van der Waals surface area contributed by atoms with Gasteiger partial charge < -0.3 is 5.32 Å². The fraction of sp³-hybridized carbons (Fsp3) is 0.500. The minimum Gasteiger partial charge on any atom is -0.307 e. The molecule has 0 radical (unpaired) electrons. The van der Waals surface area contributed by atoms with Gasteiger partial charge in [0.15, 0.2) is 0 Å². The van der Waals surface area contributed by atoms with E-state index < -0.39 is 0 Å². The molecule has 6 heteroatoms. The average molecular weight is 275 g/mol. The van der Waals surface area contributed by atoms with Crippen molar-refractivity contribution in [3.8, 4) is 0 Å². The minimum atomic E-state index is -0.158. The summed E-state index contributed by atoms with van der Waals surface area (Å²) in [5.74, 6) is 1.08. The predicted molar refractivity (Wildman–Crippen MR) is 77.6 cm³/mol. The van der Waals surface area contributed by atoms with Crippen LogP contribution in [0.1, 0.15) is 35.6 Å². The molecule has 0 fully saturated rings. The second kappa shape index (κ2) is 5.48. The molecule has 0 bridgehead atoms. The zero-order valence-corrected chi connectivity index (χ0v) is 12.6. The van der Waals surface area contributed by atoms with Crippen LogP contribution in [-0.2, 0) is 20.5 Å². The van der Waals surface area contributed by atoms with Crippen LogP contribution in [-0.4, -0.2) is 25.5 Å². The van der Waals surface area contributed by atoms with Crippen molar-refractivity contribution in [1.82, 2.24) is 19.6 Å². The van der Waals surface area contributed by atoms with Crippen LogP contribution >= 0.6 is 0 Å². The molecule has 0 aliphatic carbocycles. The number of rotatable bonds is 4. The van der Waals surface area contributed by atoms with Crippen LogP contribution in [0.25, 0.3) is 0 Å². The zero-order chi connectivity index (χ0) is 14.9. The van der Waals surface area contributed by atoms with Gasteiger partial charge in [0, 0.05) is 25.9 Å². The second-order valence-corrected chi connectivity index (χ2v) is 5.46. The van der Waals surface area contributed by atoms with Crippen LogP contribution in [0.3, 0.4) is 0 Å². The Bertz CT molecular complexity index is 624. The van der Waals surface area contributed by atoms with Gasteiger partial charge in [-0.3, -0.25) is 14.2 Å². The van der Waals surface area contributed by atoms with Crippen LogP contribution in [0.15, 0.2) is 12.3 Å². The molecule has 2 heterocycles. The molecule has 108 valence electrons. The van der Waals surface area contributed by atoms with Crippen molar-refractivity contribution in [2.24, 2.45) is 20.0 Å². The van der Waals surface area contributed by atoms with Gasteiger partial charge in [-0.2, -0.15) is 10.2 Å². The first-order chi connectivity index (χ1) is 9.38. The first-order valence-corrected chi connectivity index (χ1v) is 6.71. The molecule has 0 saturated carbocycles. The van der Waals surface area contributed by atoms with Crippen molar-refractivity contribution in [2.45, 2.75) is 27.2 Å². The number of carbonyl (C=O) groups is 1. The van der Waals surface area contributed by atoms with E-state index >= 15 is 0 Å². The number of amides is 1. The third-order valence-corrected chi connectivity index (χ3v) is 3.27. The number of aryl methyl sites for hydroxylation is 2. The lowest BCUT2D eigenvalue weighted by molar-refractivity contribution is 0.102. The molecule has 0 aliphatic rings. The van der Waals surface area contributed by atoms with E-state index in [0.717, 1.165) is 17.8 Å². The van der Waals surface area contributed by atoms with Crippen molar-refractivity contribution < 1.29 is 4.79 Å². The van der Waals surface area contributed by atoms with Gasteiger partial charge in [-0.05, 0) is 19.3 Å². The van der Waals surface area contributed by atoms with Gasteiger partial charge in [0.25, 0.3) is 5.91 Å². The van der Waals surface area contributed by atoms with Gasteiger partial charge in [0.2, 0.25) is 0 Å². The van der Waals surface area contributed by atoms with Gasteiger partial charge in [-0.1, -0.05) is 13.8 Å². The van der Waals surface area contributed by atoms with E-state index in [9.17, 15) is 4.79 Å². The molecule has 2 aromatic heterocycles. The van der Waals surface area contributed by atoms with Crippen LogP contribution in [0.5, 0.6) is 0 Å². The van der Waals surface area contributed by atoms with Crippen LogP contribution in [0, 0.1) is 12.8 Å². The largest absolute Gasteiger partial charge is 0.307 e. The summed E-state index contributed by atoms with van der Waals surface area (Å²) in [4.78, 5) is 12.2. The number of aromatic nitrogens is 4. The van der Waals surface area contributed by atoms with Gasteiger partial charge in [-0.15, -0.1) is 0 Å². The number of carbonyl (C=O) groups excluding carboxylic acids is 1. The highest BCUT2D eigenvalue weighted by atomic mass is 16.1. The van der Waals surface area contributed by atoms with Gasteiger partial charge in [0.05, 0.1) is 17.5 Å². The van der Waals surface area contributed by atoms with Gasteiger partial charge in [0.1, 0.15) is 5.82 Å². The molecule has 20 heavy (non-hydrogen) atoms. The predicted octanol–water partition coefficient (Wildman–Crippen LogP) is 1.91. The third-order valence-electron chi connectivity index (χ3n) is 3.27. The van der Waals surface area contributed by atoms with Crippen LogP contribution in [0.4, 0.5) is 5.82 Å². The summed E-state index contributed by atoms with van der Waals surface area (Å²) in [6.45, 7) is 6.16. The molecule has 0 aliphatic heterocycles. The van der Waals surface area contributed by atoms with E-state index in [2.05, 4.69) is 29.4 Å². The topological polar surface area (TPSA) is 64.7 Å². The molecular formula is C14H21N5O. The molecule has 0 spiro atoms. The zero-order valence-electron chi connectivity index (χ0n) is 12.6. The Morgan fingerprint density at radius 1 is 1.35 bits per heavy atom. The molecule has 1 amide bonds. The smallest absolute Gasteiger partial charge is 0.260 e. The lowest BCUT2D eigenvalue weighted by Crippen LogP contribution is -2.15. The molecule has 6 nitrogen and oxygen atoms in total. The molecular weight excluding hydrogens is 254 g/mol. The fourth-order valence-corrected chi connectivity index (χ4v) is 2.07. The highest BCUT2D eigenvalue weighted by molar-refractivity contribution is 6.04. The van der Waals surface area contributed by atoms with Crippen molar-refractivity contribution in [3.63, 3.8) is 0 Å². The van der Waals surface area contributed by atoms with E-state index in [4.69, 9.17) is 0 Å². The van der Waals surface area contributed by atoms with E-state index in [1.165, 1.54) is 0 Å². The quantitative estimate of drug-likeness (QED) is 0.927. The fourth-order valence-electron chi connectivity index (χ4n) is 2.07. The Hall–Kier alpha value is -2.11. The van der Waals surface area contributed by atoms with Crippen LogP contribution < -0.4 is 5.32 Å². The third kappa shape index (κ3) is 2.89. The van der Waals surface area contributed by atoms with E-state index in [0.29, 0.717) is 17.3 Å². The van der Waals surface area contributed by atoms with Gasteiger partial charge >= 0.3 is 0 Å². The van der Waals surface area contributed by atoms with Crippen molar-refractivity contribution in [3.05, 3.63) is 29.2 Å². The molecule has 0 aromatic carbocycles. The van der Waals surface area contributed by atoms with E-state index in [1.54, 1.807) is 15.6 Å². The molecule has 0 unspecified atom stereocenters. The summed E-state index contributed by atoms with van der Waals surface area (Å²) in [5, 5.41) is 11.4. The number of nitrogens with zero attached hydrogens (tertiary/aromatic N) is 4. The lowest BCUT2D eigenvalue weighted by Gasteiger charge is -2.04. The van der Waals surface area contributed by atoms with Crippen LogP contribution in [0.2, 0.25) is 0 Å². The number of hydrogen-bond donors (Lipinski definition) is 1. The summed E-state index contributed by atoms with van der Waals surface area (Å²) >= 11 is 0. The highest BCUT2D eigenvalue weighted by Crippen LogP contribution is 2.15. The first kappa shape index (κ1) is 14.3. The normalized spacial score (nSPS) is 11.1. The maximum atomic E-state index is 12.2. The molecule has 0 saturated heterocycles. The molecule has 2 rings (SSSR count). The number of anilines is 1. The Morgan fingerprint density at radius 3 is 2.60 bits per heavy atom. The van der Waals surface area contributed by atoms with E-state index in [-0.39, 0.29) is 5.91 Å². The SMILES string of the molecule is Cc1c(C(=O)Nc2cc(CC(C)C)nn2C)cnn1C. The minimum absolute atomic E-state index is 0.158. The van der Waals surface area contributed by atoms with Gasteiger partial charge in [-0.25, -0.2) is 0 Å². The summed E-state index contributed by atoms with van der Waals surface area (Å²) in [7, 11) is 3.65. The summed E-state index contributed by atoms with van der Waals surface area (Å²) in [5.41, 5.74) is 2.41. The Balaban J connectivity index is 2.16. The monoisotopic (exact) mass is 275 g/mol. The molecule has 2 aromatic rings. The lowest BCUT2D eigenvalue weighted by atomic mass is 10.1. The Morgan fingerprint density at radius 2 is 2.05 bits per heavy atom. The first-order valence-electron chi connectivity index (χ1n) is 6.71. The summed E-state index contributed by atoms with van der Waals surface area (Å²) in [6, 6.07) is 1.92. The summed E-state index contributed by atoms with van der Waals surface area (Å²) < 4.78 is 3.38. The maximum Gasteiger partial charge on any atom is 0.260 e. The van der Waals surface area contributed by atoms with Crippen molar-refractivity contribution in [2.75, 3.05) is 5.32 Å². The second-order valence-electron chi connectivity index (χ2n) is 5.46. The van der Waals surface area contributed by atoms with Crippen molar-refractivity contribution in [1.29, 1.82) is 0 Å². The Kier molecular flexibility index (Phi) is 3.92.